The molecule has 1 amide bonds. The summed E-state index contributed by atoms with van der Waals surface area (Å²) in [5, 5.41) is 10.7. The van der Waals surface area contributed by atoms with Gasteiger partial charge >= 0.3 is 0 Å². The fourth-order valence-electron chi connectivity index (χ4n) is 1.14. The highest BCUT2D eigenvalue weighted by atomic mass is 32.2. The number of nitrogens with two attached hydrogens (primary N) is 1. The summed E-state index contributed by atoms with van der Waals surface area (Å²) < 4.78 is 5.16. The van der Waals surface area contributed by atoms with E-state index in [0.717, 1.165) is 6.54 Å². The normalized spacial score (nSPS) is 15.1. The Balaban J connectivity index is 1.67. The van der Waals surface area contributed by atoms with Crippen LogP contribution in [0.3, 0.4) is 0 Å². The summed E-state index contributed by atoms with van der Waals surface area (Å²) in [7, 11) is 0. The Morgan fingerprint density at radius 1 is 1.56 bits per heavy atom. The maximum atomic E-state index is 11.4. The van der Waals surface area contributed by atoms with E-state index in [-0.39, 0.29) is 12.5 Å². The maximum Gasteiger partial charge on any atom is 0.277 e. The van der Waals surface area contributed by atoms with Gasteiger partial charge in [0, 0.05) is 6.54 Å². The molecule has 1 saturated carbocycles. The molecule has 88 valence electrons. The van der Waals surface area contributed by atoms with Crippen molar-refractivity contribution in [1.29, 1.82) is 0 Å². The number of rotatable bonds is 6. The molecule has 1 aromatic heterocycles. The van der Waals surface area contributed by atoms with E-state index in [2.05, 4.69) is 15.5 Å². The predicted molar refractivity (Wildman–Crippen MR) is 58.6 cm³/mol. The lowest BCUT2D eigenvalue weighted by Gasteiger charge is -2.01. The third-order valence-electron chi connectivity index (χ3n) is 2.23. The molecule has 2 rings (SSSR count). The van der Waals surface area contributed by atoms with Crippen molar-refractivity contribution in [3.63, 3.8) is 0 Å². The zero-order chi connectivity index (χ0) is 11.4. The summed E-state index contributed by atoms with van der Waals surface area (Å²) in [5.74, 6) is 1.39. The van der Waals surface area contributed by atoms with Gasteiger partial charge in [0.2, 0.25) is 11.8 Å². The number of carbonyl (C=O) groups is 1. The van der Waals surface area contributed by atoms with Crippen molar-refractivity contribution in [3.05, 3.63) is 5.89 Å². The molecule has 0 radical (unpaired) electrons. The van der Waals surface area contributed by atoms with E-state index >= 15 is 0 Å². The third kappa shape index (κ3) is 3.49. The van der Waals surface area contributed by atoms with Crippen molar-refractivity contribution in [1.82, 2.24) is 15.5 Å². The second-order valence-corrected chi connectivity index (χ2v) is 4.63. The zero-order valence-electron chi connectivity index (χ0n) is 8.81. The molecule has 0 spiro atoms. The van der Waals surface area contributed by atoms with Crippen molar-refractivity contribution in [2.24, 2.45) is 11.7 Å². The summed E-state index contributed by atoms with van der Waals surface area (Å²) in [5.41, 5.74) is 5.32. The Morgan fingerprint density at radius 2 is 2.38 bits per heavy atom. The molecule has 0 bridgehead atoms. The van der Waals surface area contributed by atoms with Crippen molar-refractivity contribution in [3.8, 4) is 0 Å². The number of carbonyl (C=O) groups excluding carboxylic acids is 1. The van der Waals surface area contributed by atoms with Crippen LogP contribution in [0.1, 0.15) is 18.7 Å². The van der Waals surface area contributed by atoms with Crippen LogP contribution in [0, 0.1) is 5.92 Å². The molecule has 1 heterocycles. The molecule has 0 aromatic carbocycles. The van der Waals surface area contributed by atoms with Gasteiger partial charge in [-0.3, -0.25) is 4.79 Å². The molecule has 1 fully saturated rings. The minimum absolute atomic E-state index is 0.00407. The standard InChI is InChI=1S/C9H14N4O2S/c10-3-8-12-13-9(15-8)16-5-7(14)11-4-6-1-2-6/h6H,1-5,10H2,(H,11,14). The first-order valence-corrected chi connectivity index (χ1v) is 6.18. The van der Waals surface area contributed by atoms with E-state index in [4.69, 9.17) is 10.2 Å². The van der Waals surface area contributed by atoms with Gasteiger partial charge in [-0.1, -0.05) is 11.8 Å². The SMILES string of the molecule is NCc1nnc(SCC(=O)NCC2CC2)o1. The number of amides is 1. The van der Waals surface area contributed by atoms with Crippen LogP contribution in [0.2, 0.25) is 0 Å². The molecule has 0 atom stereocenters. The van der Waals surface area contributed by atoms with Gasteiger partial charge in [-0.2, -0.15) is 0 Å². The highest BCUT2D eigenvalue weighted by Gasteiger charge is 2.21. The minimum atomic E-state index is 0.00407. The molecule has 0 unspecified atom stereocenters. The number of thioether (sulfide) groups is 1. The van der Waals surface area contributed by atoms with E-state index in [1.807, 2.05) is 0 Å². The molecule has 3 N–H and O–H groups in total. The van der Waals surface area contributed by atoms with Crippen LogP contribution in [0.25, 0.3) is 0 Å². The lowest BCUT2D eigenvalue weighted by atomic mass is 10.4. The summed E-state index contributed by atoms with van der Waals surface area (Å²) in [6, 6.07) is 0. The summed E-state index contributed by atoms with van der Waals surface area (Å²) in [6.07, 6.45) is 2.47. The first kappa shape index (κ1) is 11.4. The molecule has 1 aromatic rings. The molecule has 0 aliphatic heterocycles. The molecule has 0 saturated heterocycles. The quantitative estimate of drug-likeness (QED) is 0.689. The number of nitrogens with zero attached hydrogens (tertiary/aromatic N) is 2. The number of hydrogen-bond acceptors (Lipinski definition) is 6. The Kier molecular flexibility index (Phi) is 3.79. The smallest absolute Gasteiger partial charge is 0.277 e. The fraction of sp³-hybridized carbons (Fsp3) is 0.667. The highest BCUT2D eigenvalue weighted by molar-refractivity contribution is 7.99. The third-order valence-corrected chi connectivity index (χ3v) is 3.05. The van der Waals surface area contributed by atoms with Gasteiger partial charge in [-0.25, -0.2) is 0 Å². The Labute approximate surface area is 97.4 Å². The molecular weight excluding hydrogens is 228 g/mol. The monoisotopic (exact) mass is 242 g/mol. The number of nitrogens with one attached hydrogen (secondary N) is 1. The largest absolute Gasteiger partial charge is 0.415 e. The van der Waals surface area contributed by atoms with Gasteiger partial charge in [-0.05, 0) is 18.8 Å². The van der Waals surface area contributed by atoms with E-state index < -0.39 is 0 Å². The Bertz CT molecular complexity index is 364. The molecular formula is C9H14N4O2S. The fourth-order valence-corrected chi connectivity index (χ4v) is 1.75. The maximum absolute atomic E-state index is 11.4. The van der Waals surface area contributed by atoms with Gasteiger partial charge in [0.1, 0.15) is 0 Å². The number of aromatic nitrogens is 2. The molecule has 1 aliphatic rings. The van der Waals surface area contributed by atoms with Gasteiger partial charge < -0.3 is 15.5 Å². The van der Waals surface area contributed by atoms with Gasteiger partial charge in [-0.15, -0.1) is 10.2 Å². The van der Waals surface area contributed by atoms with E-state index in [9.17, 15) is 4.79 Å². The Morgan fingerprint density at radius 3 is 3.00 bits per heavy atom. The van der Waals surface area contributed by atoms with Crippen LogP contribution < -0.4 is 11.1 Å². The summed E-state index contributed by atoms with van der Waals surface area (Å²) in [6.45, 7) is 1.01. The molecule has 6 nitrogen and oxygen atoms in total. The summed E-state index contributed by atoms with van der Waals surface area (Å²) >= 11 is 1.23. The van der Waals surface area contributed by atoms with Crippen LogP contribution in [0.4, 0.5) is 0 Å². The van der Waals surface area contributed by atoms with E-state index in [1.165, 1.54) is 24.6 Å². The highest BCUT2D eigenvalue weighted by Crippen LogP contribution is 2.27. The first-order valence-electron chi connectivity index (χ1n) is 5.20. The van der Waals surface area contributed by atoms with Crippen LogP contribution in [0.5, 0.6) is 0 Å². The van der Waals surface area contributed by atoms with E-state index in [1.54, 1.807) is 0 Å². The topological polar surface area (TPSA) is 94.0 Å². The number of hydrogen-bond donors (Lipinski definition) is 2. The van der Waals surface area contributed by atoms with Crippen molar-refractivity contribution < 1.29 is 9.21 Å². The van der Waals surface area contributed by atoms with Crippen LogP contribution in [-0.2, 0) is 11.3 Å². The van der Waals surface area contributed by atoms with Crippen LogP contribution >= 0.6 is 11.8 Å². The average molecular weight is 242 g/mol. The molecule has 16 heavy (non-hydrogen) atoms. The van der Waals surface area contributed by atoms with Crippen LogP contribution in [-0.4, -0.2) is 28.4 Å². The second kappa shape index (κ2) is 5.31. The average Bonchev–Trinajstić information content (AvgIpc) is 3.01. The van der Waals surface area contributed by atoms with E-state index in [0.29, 0.717) is 22.8 Å². The van der Waals surface area contributed by atoms with Gasteiger partial charge in [0.05, 0.1) is 12.3 Å². The minimum Gasteiger partial charge on any atom is -0.415 e. The molecule has 7 heteroatoms. The first-order chi connectivity index (χ1) is 7.78. The van der Waals surface area contributed by atoms with Gasteiger partial charge in [0.15, 0.2) is 0 Å². The van der Waals surface area contributed by atoms with Gasteiger partial charge in [0.25, 0.3) is 5.22 Å². The van der Waals surface area contributed by atoms with Crippen molar-refractivity contribution in [2.45, 2.75) is 24.6 Å². The predicted octanol–water partition coefficient (Wildman–Crippen LogP) is 0.147. The second-order valence-electron chi connectivity index (χ2n) is 3.70. The lowest BCUT2D eigenvalue weighted by molar-refractivity contribution is -0.118. The van der Waals surface area contributed by atoms with Crippen molar-refractivity contribution in [2.75, 3.05) is 12.3 Å². The van der Waals surface area contributed by atoms with Crippen LogP contribution in [0.15, 0.2) is 9.64 Å². The zero-order valence-corrected chi connectivity index (χ0v) is 9.63. The molecule has 1 aliphatic carbocycles. The lowest BCUT2D eigenvalue weighted by Crippen LogP contribution is -2.27. The summed E-state index contributed by atoms with van der Waals surface area (Å²) in [4.78, 5) is 11.4. The van der Waals surface area contributed by atoms with Crippen molar-refractivity contribution >= 4 is 17.7 Å². The Hall–Kier alpha value is -1.08.